The van der Waals surface area contributed by atoms with Crippen LogP contribution >= 0.6 is 0 Å². The molecule has 3 nitrogen and oxygen atoms in total. The predicted octanol–water partition coefficient (Wildman–Crippen LogP) is 3.59. The van der Waals surface area contributed by atoms with Crippen molar-refractivity contribution in [1.29, 1.82) is 0 Å². The molecule has 2 bridgehead atoms. The van der Waals surface area contributed by atoms with Gasteiger partial charge in [-0.15, -0.1) is 0 Å². The van der Waals surface area contributed by atoms with Crippen molar-refractivity contribution in [3.05, 3.63) is 29.8 Å². The van der Waals surface area contributed by atoms with Gasteiger partial charge in [0.25, 0.3) is 0 Å². The molecule has 2 amide bonds. The minimum atomic E-state index is -0.0206. The Hall–Kier alpha value is -1.64. The van der Waals surface area contributed by atoms with Crippen LogP contribution in [0.1, 0.15) is 44.6 Å². The Morgan fingerprint density at radius 3 is 2.13 bits per heavy atom. The van der Waals surface area contributed by atoms with E-state index < -0.39 is 0 Å². The van der Waals surface area contributed by atoms with Crippen molar-refractivity contribution in [2.75, 3.05) is 4.90 Å². The van der Waals surface area contributed by atoms with Crippen molar-refractivity contribution in [1.82, 2.24) is 0 Å². The molecule has 6 atom stereocenters. The van der Waals surface area contributed by atoms with Crippen molar-refractivity contribution >= 4 is 17.5 Å². The number of carbonyl (C=O) groups is 2. The zero-order chi connectivity index (χ0) is 15.9. The highest BCUT2D eigenvalue weighted by atomic mass is 16.2. The standard InChI is InChI=1S/C20H23NO2/c1-10(2)11-4-3-5-12(8-11)21-19(22)17-13-6-7-14(16-9-15(13)16)18(17)20(21)23/h3-5,8,10,13-18H,6-7,9H2,1-2H3/t13-,14+,15-,16+,17-,18+. The summed E-state index contributed by atoms with van der Waals surface area (Å²) < 4.78 is 0. The third-order valence-corrected chi connectivity index (χ3v) is 6.94. The minimum absolute atomic E-state index is 0.0206. The van der Waals surface area contributed by atoms with Crippen LogP contribution in [0.25, 0.3) is 0 Å². The van der Waals surface area contributed by atoms with E-state index >= 15 is 0 Å². The molecular formula is C20H23NO2. The van der Waals surface area contributed by atoms with Crippen LogP contribution in [0.3, 0.4) is 0 Å². The Kier molecular flexibility index (Phi) is 2.67. The smallest absolute Gasteiger partial charge is 0.237 e. The molecule has 0 aromatic heterocycles. The van der Waals surface area contributed by atoms with Crippen LogP contribution in [0.2, 0.25) is 0 Å². The predicted molar refractivity (Wildman–Crippen MR) is 87.8 cm³/mol. The number of amides is 2. The van der Waals surface area contributed by atoms with Crippen LogP contribution in [0.15, 0.2) is 24.3 Å². The van der Waals surface area contributed by atoms with Gasteiger partial charge in [-0.2, -0.15) is 0 Å². The third kappa shape index (κ3) is 1.71. The maximum atomic E-state index is 13.1. The fourth-order valence-corrected chi connectivity index (χ4v) is 5.82. The molecule has 1 aliphatic heterocycles. The zero-order valence-corrected chi connectivity index (χ0v) is 13.7. The largest absolute Gasteiger partial charge is 0.274 e. The molecule has 4 aliphatic carbocycles. The fourth-order valence-electron chi connectivity index (χ4n) is 5.82. The topological polar surface area (TPSA) is 37.4 Å². The van der Waals surface area contributed by atoms with Crippen molar-refractivity contribution in [2.24, 2.45) is 35.5 Å². The number of nitrogens with zero attached hydrogens (tertiary/aromatic N) is 1. The average Bonchev–Trinajstić information content (AvgIpc) is 3.32. The zero-order valence-electron chi connectivity index (χ0n) is 13.7. The second-order valence-corrected chi connectivity index (χ2v) is 8.28. The second kappa shape index (κ2) is 4.46. The fraction of sp³-hybridized carbons (Fsp3) is 0.600. The second-order valence-electron chi connectivity index (χ2n) is 8.28. The molecule has 1 saturated heterocycles. The quantitative estimate of drug-likeness (QED) is 0.783. The van der Waals surface area contributed by atoms with Gasteiger partial charge in [0.2, 0.25) is 11.8 Å². The molecule has 0 unspecified atom stereocenters. The van der Waals surface area contributed by atoms with Gasteiger partial charge < -0.3 is 0 Å². The summed E-state index contributed by atoms with van der Waals surface area (Å²) in [6.45, 7) is 4.28. The molecule has 120 valence electrons. The number of carbonyl (C=O) groups excluding carboxylic acids is 2. The number of anilines is 1. The molecule has 0 radical (unpaired) electrons. The SMILES string of the molecule is CC(C)c1cccc(N2C(=O)[C@@H]3[C@@H]4CC[C@@H]([C@@H]5C[C@@H]54)[C@@H]3C2=O)c1. The molecule has 0 N–H and O–H groups in total. The first-order valence-electron chi connectivity index (χ1n) is 9.05. The van der Waals surface area contributed by atoms with E-state index in [-0.39, 0.29) is 23.7 Å². The van der Waals surface area contributed by atoms with Crippen molar-refractivity contribution in [2.45, 2.75) is 39.0 Å². The van der Waals surface area contributed by atoms with Crippen LogP contribution in [0, 0.1) is 35.5 Å². The van der Waals surface area contributed by atoms with E-state index in [1.165, 1.54) is 16.9 Å². The molecule has 3 heteroatoms. The van der Waals surface area contributed by atoms with Gasteiger partial charge in [0, 0.05) is 0 Å². The van der Waals surface area contributed by atoms with Gasteiger partial charge >= 0.3 is 0 Å². The third-order valence-electron chi connectivity index (χ3n) is 6.94. The monoisotopic (exact) mass is 309 g/mol. The summed E-state index contributed by atoms with van der Waals surface area (Å²) in [7, 11) is 0. The Morgan fingerprint density at radius 1 is 0.957 bits per heavy atom. The highest BCUT2D eigenvalue weighted by molar-refractivity contribution is 6.22. The molecule has 1 aromatic rings. The maximum Gasteiger partial charge on any atom is 0.237 e. The van der Waals surface area contributed by atoms with Gasteiger partial charge in [-0.25, -0.2) is 0 Å². The maximum absolute atomic E-state index is 13.1. The van der Waals surface area contributed by atoms with Gasteiger partial charge in [0.05, 0.1) is 17.5 Å². The first-order chi connectivity index (χ1) is 11.1. The number of benzene rings is 1. The summed E-state index contributed by atoms with van der Waals surface area (Å²) in [5.41, 5.74) is 1.97. The first kappa shape index (κ1) is 13.8. The molecule has 5 fully saturated rings. The molecule has 23 heavy (non-hydrogen) atoms. The van der Waals surface area contributed by atoms with Crippen LogP contribution in [-0.4, -0.2) is 11.8 Å². The van der Waals surface area contributed by atoms with E-state index in [1.807, 2.05) is 18.2 Å². The first-order valence-corrected chi connectivity index (χ1v) is 9.05. The van der Waals surface area contributed by atoms with Gasteiger partial charge in [0.15, 0.2) is 0 Å². The Morgan fingerprint density at radius 2 is 1.57 bits per heavy atom. The number of fused-ring (bicyclic) bond motifs is 1. The van der Waals surface area contributed by atoms with E-state index in [0.717, 1.165) is 30.4 Å². The Labute approximate surface area is 137 Å². The summed E-state index contributed by atoms with van der Waals surface area (Å²) in [5, 5.41) is 0. The summed E-state index contributed by atoms with van der Waals surface area (Å²) in [6.07, 6.45) is 3.59. The van der Waals surface area contributed by atoms with E-state index in [1.54, 1.807) is 0 Å². The Bertz CT molecular complexity index is 675. The van der Waals surface area contributed by atoms with Gasteiger partial charge in [0.1, 0.15) is 0 Å². The molecule has 6 rings (SSSR count). The average molecular weight is 309 g/mol. The van der Waals surface area contributed by atoms with Gasteiger partial charge in [-0.05, 0) is 66.5 Å². The molecule has 4 saturated carbocycles. The highest BCUT2D eigenvalue weighted by Gasteiger charge is 2.68. The van der Waals surface area contributed by atoms with Crippen LogP contribution < -0.4 is 4.90 Å². The van der Waals surface area contributed by atoms with E-state index in [0.29, 0.717) is 17.8 Å². The lowest BCUT2D eigenvalue weighted by Gasteiger charge is -2.42. The Balaban J connectivity index is 1.55. The molecule has 0 spiro atoms. The summed E-state index contributed by atoms with van der Waals surface area (Å²) in [4.78, 5) is 27.7. The lowest BCUT2D eigenvalue weighted by atomic mass is 9.59. The number of hydrogen-bond acceptors (Lipinski definition) is 2. The van der Waals surface area contributed by atoms with Crippen LogP contribution in [-0.2, 0) is 9.59 Å². The van der Waals surface area contributed by atoms with Gasteiger partial charge in [-0.3, -0.25) is 14.5 Å². The van der Waals surface area contributed by atoms with Crippen molar-refractivity contribution in [3.8, 4) is 0 Å². The summed E-state index contributed by atoms with van der Waals surface area (Å²) in [5.74, 6) is 2.97. The van der Waals surface area contributed by atoms with Crippen LogP contribution in [0.4, 0.5) is 5.69 Å². The molecular weight excluding hydrogens is 286 g/mol. The molecule has 1 aromatic carbocycles. The summed E-state index contributed by atoms with van der Waals surface area (Å²) >= 11 is 0. The number of imide groups is 1. The van der Waals surface area contributed by atoms with Crippen molar-refractivity contribution < 1.29 is 9.59 Å². The lowest BCUT2D eigenvalue weighted by molar-refractivity contribution is -0.129. The minimum Gasteiger partial charge on any atom is -0.274 e. The van der Waals surface area contributed by atoms with E-state index in [2.05, 4.69) is 19.9 Å². The number of rotatable bonds is 2. The van der Waals surface area contributed by atoms with Crippen molar-refractivity contribution in [3.63, 3.8) is 0 Å². The molecule has 5 aliphatic rings. The van der Waals surface area contributed by atoms with Crippen LogP contribution in [0.5, 0.6) is 0 Å². The van der Waals surface area contributed by atoms with Gasteiger partial charge in [-0.1, -0.05) is 26.0 Å². The number of hydrogen-bond donors (Lipinski definition) is 0. The van der Waals surface area contributed by atoms with E-state index in [4.69, 9.17) is 0 Å². The highest BCUT2D eigenvalue weighted by Crippen LogP contribution is 2.68. The van der Waals surface area contributed by atoms with E-state index in [9.17, 15) is 9.59 Å². The summed E-state index contributed by atoms with van der Waals surface area (Å²) in [6, 6.07) is 7.99. The molecule has 1 heterocycles. The normalized spacial score (nSPS) is 40.6. The lowest BCUT2D eigenvalue weighted by Crippen LogP contribution is -2.43.